The maximum Gasteiger partial charge on any atom is 0.256 e. The van der Waals surface area contributed by atoms with E-state index in [0.717, 1.165) is 0 Å². The van der Waals surface area contributed by atoms with Crippen LogP contribution in [0.2, 0.25) is 0 Å². The number of carbonyl (C=O) groups excluding carboxylic acids is 1. The Kier molecular flexibility index (Phi) is 4.19. The summed E-state index contributed by atoms with van der Waals surface area (Å²) in [4.78, 5) is 13.9. The Labute approximate surface area is 119 Å². The van der Waals surface area contributed by atoms with E-state index < -0.39 is 5.82 Å². The second-order valence-electron chi connectivity index (χ2n) is 4.62. The van der Waals surface area contributed by atoms with Gasteiger partial charge in [-0.25, -0.2) is 4.39 Å². The van der Waals surface area contributed by atoms with Crippen molar-refractivity contribution in [1.29, 1.82) is 0 Å². The van der Waals surface area contributed by atoms with Crippen LogP contribution in [-0.4, -0.2) is 34.8 Å². The van der Waals surface area contributed by atoms with E-state index >= 15 is 0 Å². The fourth-order valence-corrected chi connectivity index (χ4v) is 2.55. The summed E-state index contributed by atoms with van der Waals surface area (Å²) in [6.07, 6.45) is 0.513. The van der Waals surface area contributed by atoms with Crippen molar-refractivity contribution < 1.29 is 14.4 Å². The molecule has 0 radical (unpaired) electrons. The van der Waals surface area contributed by atoms with Crippen molar-refractivity contribution in [3.05, 3.63) is 34.1 Å². The number of carbonyl (C=O) groups is 1. The van der Waals surface area contributed by atoms with Crippen LogP contribution >= 0.6 is 15.9 Å². The summed E-state index contributed by atoms with van der Waals surface area (Å²) in [5.41, 5.74) is 0.740. The molecule has 1 saturated heterocycles. The lowest BCUT2D eigenvalue weighted by molar-refractivity contribution is 0.0729. The number of halogens is 2. The van der Waals surface area contributed by atoms with E-state index in [-0.39, 0.29) is 17.4 Å². The number of nitrogens with zero attached hydrogens (tertiary/aromatic N) is 2. The lowest BCUT2D eigenvalue weighted by Crippen LogP contribution is -2.43. The predicted molar refractivity (Wildman–Crippen MR) is 73.0 cm³/mol. The minimum Gasteiger partial charge on any atom is -0.411 e. The van der Waals surface area contributed by atoms with Crippen molar-refractivity contribution >= 4 is 27.5 Å². The first kappa shape index (κ1) is 14.0. The number of rotatable bonds is 1. The van der Waals surface area contributed by atoms with Crippen molar-refractivity contribution in [2.24, 2.45) is 11.1 Å². The van der Waals surface area contributed by atoms with Gasteiger partial charge in [0.05, 0.1) is 11.3 Å². The molecule has 1 aliphatic rings. The fourth-order valence-electron chi connectivity index (χ4n) is 2.19. The zero-order chi connectivity index (χ0) is 14.0. The summed E-state index contributed by atoms with van der Waals surface area (Å²) in [5, 5.41) is 12.0. The van der Waals surface area contributed by atoms with Crippen LogP contribution in [0.3, 0.4) is 0 Å². The van der Waals surface area contributed by atoms with E-state index in [1.807, 2.05) is 6.92 Å². The predicted octanol–water partition coefficient (Wildman–Crippen LogP) is 2.90. The Hall–Kier alpha value is -1.43. The molecule has 1 aromatic carbocycles. The van der Waals surface area contributed by atoms with Crippen LogP contribution < -0.4 is 0 Å². The van der Waals surface area contributed by atoms with Gasteiger partial charge < -0.3 is 10.1 Å². The third-order valence-corrected chi connectivity index (χ3v) is 3.77. The summed E-state index contributed by atoms with van der Waals surface area (Å²) in [5.74, 6) is -0.872. The van der Waals surface area contributed by atoms with Gasteiger partial charge in [-0.05, 0) is 18.2 Å². The summed E-state index contributed by atoms with van der Waals surface area (Å²) in [6.45, 7) is 2.75. The molecular weight excluding hydrogens is 315 g/mol. The summed E-state index contributed by atoms with van der Waals surface area (Å²) in [7, 11) is 0. The highest BCUT2D eigenvalue weighted by Crippen LogP contribution is 2.20. The average molecular weight is 329 g/mol. The van der Waals surface area contributed by atoms with Crippen molar-refractivity contribution in [2.45, 2.75) is 13.3 Å². The second kappa shape index (κ2) is 5.69. The fraction of sp³-hybridized carbons (Fsp3) is 0.385. The average Bonchev–Trinajstić information content (AvgIpc) is 2.40. The van der Waals surface area contributed by atoms with Gasteiger partial charge in [0.2, 0.25) is 0 Å². The molecule has 1 atom stereocenters. The Morgan fingerprint density at radius 1 is 1.58 bits per heavy atom. The number of benzene rings is 1. The van der Waals surface area contributed by atoms with Gasteiger partial charge in [0.1, 0.15) is 5.82 Å². The molecule has 1 aliphatic heterocycles. The number of hydrogen-bond acceptors (Lipinski definition) is 3. The lowest BCUT2D eigenvalue weighted by atomic mass is 9.97. The molecule has 0 aromatic heterocycles. The zero-order valence-electron chi connectivity index (χ0n) is 10.4. The molecule has 1 aromatic rings. The molecule has 0 aliphatic carbocycles. The number of amides is 1. The molecule has 19 heavy (non-hydrogen) atoms. The largest absolute Gasteiger partial charge is 0.411 e. The van der Waals surface area contributed by atoms with E-state index in [0.29, 0.717) is 29.7 Å². The third kappa shape index (κ3) is 2.94. The number of likely N-dealkylation sites (tertiary alicyclic amines) is 1. The molecule has 6 heteroatoms. The Morgan fingerprint density at radius 3 is 2.95 bits per heavy atom. The van der Waals surface area contributed by atoms with Gasteiger partial charge in [0.15, 0.2) is 0 Å². The SMILES string of the molecule is CC1CN(C(=O)c2cc(Br)ccc2F)CC/C1=N\O. The van der Waals surface area contributed by atoms with Crippen LogP contribution in [-0.2, 0) is 0 Å². The van der Waals surface area contributed by atoms with Crippen molar-refractivity contribution in [2.75, 3.05) is 13.1 Å². The molecule has 0 saturated carbocycles. The molecule has 1 amide bonds. The molecule has 1 N–H and O–H groups in total. The molecule has 0 bridgehead atoms. The highest BCUT2D eigenvalue weighted by molar-refractivity contribution is 9.10. The Bertz CT molecular complexity index is 533. The van der Waals surface area contributed by atoms with Crippen molar-refractivity contribution in [1.82, 2.24) is 4.90 Å². The molecule has 1 fully saturated rings. The van der Waals surface area contributed by atoms with Gasteiger partial charge in [-0.1, -0.05) is 28.0 Å². The van der Waals surface area contributed by atoms with Gasteiger partial charge in [0.25, 0.3) is 5.91 Å². The Balaban J connectivity index is 2.19. The maximum absolute atomic E-state index is 13.7. The van der Waals surface area contributed by atoms with E-state index in [1.54, 1.807) is 11.0 Å². The first-order chi connectivity index (χ1) is 9.02. The smallest absolute Gasteiger partial charge is 0.256 e. The lowest BCUT2D eigenvalue weighted by Gasteiger charge is -2.31. The first-order valence-electron chi connectivity index (χ1n) is 5.98. The maximum atomic E-state index is 13.7. The van der Waals surface area contributed by atoms with Crippen LogP contribution in [0.4, 0.5) is 4.39 Å². The van der Waals surface area contributed by atoms with Crippen LogP contribution in [0.1, 0.15) is 23.7 Å². The zero-order valence-corrected chi connectivity index (χ0v) is 12.0. The molecular formula is C13H14BrFN2O2. The van der Waals surface area contributed by atoms with Gasteiger partial charge >= 0.3 is 0 Å². The topological polar surface area (TPSA) is 52.9 Å². The van der Waals surface area contributed by atoms with E-state index in [2.05, 4.69) is 21.1 Å². The van der Waals surface area contributed by atoms with E-state index in [1.165, 1.54) is 12.1 Å². The summed E-state index contributed by atoms with van der Waals surface area (Å²) < 4.78 is 14.3. The monoisotopic (exact) mass is 328 g/mol. The van der Waals surface area contributed by atoms with Crippen molar-refractivity contribution in [3.63, 3.8) is 0 Å². The van der Waals surface area contributed by atoms with E-state index in [4.69, 9.17) is 5.21 Å². The van der Waals surface area contributed by atoms with Crippen molar-refractivity contribution in [3.8, 4) is 0 Å². The molecule has 2 rings (SSSR count). The highest BCUT2D eigenvalue weighted by atomic mass is 79.9. The van der Waals surface area contributed by atoms with Gasteiger partial charge in [-0.3, -0.25) is 4.79 Å². The molecule has 102 valence electrons. The van der Waals surface area contributed by atoms with Gasteiger partial charge in [0, 0.05) is 29.9 Å². The molecule has 1 unspecified atom stereocenters. The minimum atomic E-state index is -0.525. The van der Waals surface area contributed by atoms with E-state index in [9.17, 15) is 9.18 Å². The highest BCUT2D eigenvalue weighted by Gasteiger charge is 2.27. The molecule has 0 spiro atoms. The standard InChI is InChI=1S/C13H14BrFN2O2/c1-8-7-17(5-4-12(8)16-19)13(18)10-6-9(14)2-3-11(10)15/h2-3,6,8,19H,4-5,7H2,1H3/b16-12+. The molecule has 4 nitrogen and oxygen atoms in total. The quantitative estimate of drug-likeness (QED) is 0.636. The minimum absolute atomic E-state index is 0.0158. The summed E-state index contributed by atoms with van der Waals surface area (Å²) in [6, 6.07) is 4.31. The number of oxime groups is 1. The number of piperidine rings is 1. The Morgan fingerprint density at radius 2 is 2.32 bits per heavy atom. The normalized spacial score (nSPS) is 21.7. The van der Waals surface area contributed by atoms with Crippen LogP contribution in [0, 0.1) is 11.7 Å². The first-order valence-corrected chi connectivity index (χ1v) is 6.77. The summed E-state index contributed by atoms with van der Waals surface area (Å²) >= 11 is 3.23. The van der Waals surface area contributed by atoms with Crippen LogP contribution in [0.5, 0.6) is 0 Å². The van der Waals surface area contributed by atoms with Crippen LogP contribution in [0.15, 0.2) is 27.8 Å². The molecule has 1 heterocycles. The number of hydrogen-bond donors (Lipinski definition) is 1. The van der Waals surface area contributed by atoms with Gasteiger partial charge in [-0.15, -0.1) is 0 Å². The van der Waals surface area contributed by atoms with Crippen LogP contribution in [0.25, 0.3) is 0 Å². The van der Waals surface area contributed by atoms with Gasteiger partial charge in [-0.2, -0.15) is 0 Å². The second-order valence-corrected chi connectivity index (χ2v) is 5.53. The third-order valence-electron chi connectivity index (χ3n) is 3.28.